The van der Waals surface area contributed by atoms with Gasteiger partial charge < -0.3 is 19.2 Å². The molecular formula is C38H35N5O8S2. The zero-order valence-electron chi connectivity index (χ0n) is 29.0. The van der Waals surface area contributed by atoms with E-state index in [1.165, 1.54) is 16.0 Å². The SMILES string of the molecule is CCOC(=O)CN(CC(=O)O)C(=O)Cc1csc(NC(=O)c2ccc(Cn3cc(C4c5ccc(C)cc5C=Cc5cc(C)ccc54)c(=S)[nH]c3=O)o2)n1. The van der Waals surface area contributed by atoms with Crippen molar-refractivity contribution in [2.24, 2.45) is 0 Å². The Morgan fingerprint density at radius 3 is 2.34 bits per heavy atom. The summed E-state index contributed by atoms with van der Waals surface area (Å²) in [7, 11) is 0. The first kappa shape index (κ1) is 36.8. The van der Waals surface area contributed by atoms with Gasteiger partial charge in [-0.3, -0.25) is 34.0 Å². The number of nitrogens with zero attached hydrogens (tertiary/aromatic N) is 3. The summed E-state index contributed by atoms with van der Waals surface area (Å²) in [6.07, 6.45) is 5.66. The van der Waals surface area contributed by atoms with Crippen molar-refractivity contribution in [3.8, 4) is 0 Å². The lowest BCUT2D eigenvalue weighted by molar-refractivity contribution is -0.151. The minimum absolute atomic E-state index is 0.0138. The molecule has 0 aliphatic heterocycles. The van der Waals surface area contributed by atoms with Crippen molar-refractivity contribution in [2.75, 3.05) is 25.0 Å². The summed E-state index contributed by atoms with van der Waals surface area (Å²) in [4.78, 5) is 70.1. The highest BCUT2D eigenvalue weighted by Gasteiger charge is 2.26. The van der Waals surface area contributed by atoms with Gasteiger partial charge in [0.15, 0.2) is 10.9 Å². The maximum atomic E-state index is 13.2. The van der Waals surface area contributed by atoms with E-state index in [-0.39, 0.29) is 42.1 Å². The summed E-state index contributed by atoms with van der Waals surface area (Å²) in [5, 5.41) is 13.5. The molecule has 5 aromatic rings. The lowest BCUT2D eigenvalue weighted by atomic mass is 9.83. The molecule has 0 fully saturated rings. The first-order chi connectivity index (χ1) is 25.4. The monoisotopic (exact) mass is 753 g/mol. The Balaban J connectivity index is 1.18. The fraction of sp³-hybridized carbons (Fsp3) is 0.237. The van der Waals surface area contributed by atoms with Gasteiger partial charge in [-0.15, -0.1) is 11.3 Å². The number of rotatable bonds is 12. The molecule has 2 aromatic carbocycles. The van der Waals surface area contributed by atoms with Crippen molar-refractivity contribution in [3.05, 3.63) is 131 Å². The predicted molar refractivity (Wildman–Crippen MR) is 201 cm³/mol. The van der Waals surface area contributed by atoms with E-state index in [9.17, 15) is 29.1 Å². The number of anilines is 1. The Hall–Kier alpha value is -5.93. The van der Waals surface area contributed by atoms with E-state index in [0.29, 0.717) is 10.4 Å². The van der Waals surface area contributed by atoms with Gasteiger partial charge in [0, 0.05) is 23.1 Å². The van der Waals surface area contributed by atoms with Gasteiger partial charge in [-0.25, -0.2) is 9.78 Å². The number of furan rings is 1. The van der Waals surface area contributed by atoms with E-state index in [0.717, 1.165) is 55.2 Å². The number of hydrogen-bond acceptors (Lipinski definition) is 10. The number of fused-ring (bicyclic) bond motifs is 2. The molecule has 3 heterocycles. The molecule has 53 heavy (non-hydrogen) atoms. The van der Waals surface area contributed by atoms with Crippen LogP contribution in [0.25, 0.3) is 12.2 Å². The van der Waals surface area contributed by atoms with Crippen LogP contribution >= 0.6 is 23.6 Å². The number of aliphatic carboxylic acids is 1. The molecule has 0 radical (unpaired) electrons. The van der Waals surface area contributed by atoms with Crippen LogP contribution in [0.4, 0.5) is 5.13 Å². The number of carbonyl (C=O) groups is 4. The third kappa shape index (κ3) is 8.59. The third-order valence-corrected chi connectivity index (χ3v) is 9.66. The summed E-state index contributed by atoms with van der Waals surface area (Å²) < 4.78 is 12.5. The Kier molecular flexibility index (Phi) is 11.0. The number of carboxylic acid groups (broad SMARTS) is 1. The lowest BCUT2D eigenvalue weighted by Gasteiger charge is -2.22. The van der Waals surface area contributed by atoms with Crippen molar-refractivity contribution < 1.29 is 33.4 Å². The molecule has 2 amide bonds. The van der Waals surface area contributed by atoms with Gasteiger partial charge in [0.2, 0.25) is 5.91 Å². The number of ether oxygens (including phenoxy) is 1. The number of aromatic amines is 1. The number of amides is 2. The molecule has 0 atom stereocenters. The van der Waals surface area contributed by atoms with Crippen LogP contribution in [0.1, 0.15) is 73.8 Å². The Labute approximate surface area is 312 Å². The van der Waals surface area contributed by atoms with Gasteiger partial charge >= 0.3 is 17.6 Å². The van der Waals surface area contributed by atoms with Crippen molar-refractivity contribution in [2.45, 2.75) is 39.7 Å². The molecule has 0 spiro atoms. The van der Waals surface area contributed by atoms with Crippen LogP contribution in [0, 0.1) is 18.5 Å². The Bertz CT molecular complexity index is 2330. The Morgan fingerprint density at radius 1 is 1.02 bits per heavy atom. The van der Waals surface area contributed by atoms with E-state index in [2.05, 4.69) is 63.8 Å². The van der Waals surface area contributed by atoms with Crippen molar-refractivity contribution in [1.29, 1.82) is 0 Å². The molecule has 15 heteroatoms. The molecule has 272 valence electrons. The molecule has 1 aliphatic carbocycles. The fourth-order valence-electron chi connectivity index (χ4n) is 6.12. The summed E-state index contributed by atoms with van der Waals surface area (Å²) in [5.41, 5.74) is 7.06. The zero-order valence-corrected chi connectivity index (χ0v) is 30.6. The number of esters is 1. The van der Waals surface area contributed by atoms with Gasteiger partial charge in [-0.05, 0) is 55.2 Å². The number of aryl methyl sites for hydroxylation is 2. The number of hydrogen-bond donors (Lipinski definition) is 3. The Morgan fingerprint density at radius 2 is 1.70 bits per heavy atom. The number of aromatic nitrogens is 3. The summed E-state index contributed by atoms with van der Waals surface area (Å²) >= 11 is 6.80. The molecule has 3 N–H and O–H groups in total. The smallest absolute Gasteiger partial charge is 0.326 e. The van der Waals surface area contributed by atoms with E-state index < -0.39 is 42.5 Å². The molecule has 0 saturated carbocycles. The summed E-state index contributed by atoms with van der Waals surface area (Å²) in [5.74, 6) is -3.22. The highest BCUT2D eigenvalue weighted by molar-refractivity contribution is 7.71. The quantitative estimate of drug-likeness (QED) is 0.106. The second kappa shape index (κ2) is 15.8. The predicted octanol–water partition coefficient (Wildman–Crippen LogP) is 5.56. The average molecular weight is 754 g/mol. The lowest BCUT2D eigenvalue weighted by Crippen LogP contribution is -2.40. The largest absolute Gasteiger partial charge is 0.480 e. The molecule has 6 rings (SSSR count). The van der Waals surface area contributed by atoms with Crippen LogP contribution in [-0.4, -0.2) is 68.0 Å². The topological polar surface area (TPSA) is 177 Å². The maximum absolute atomic E-state index is 13.2. The van der Waals surface area contributed by atoms with Gasteiger partial charge in [-0.2, -0.15) is 0 Å². The number of thiazole rings is 1. The third-order valence-electron chi connectivity index (χ3n) is 8.52. The van der Waals surface area contributed by atoms with Gasteiger partial charge in [0.05, 0.1) is 25.3 Å². The standard InChI is InChI=1S/C38H35N5O8S2/c1-4-50-33(47)19-42(18-32(45)46)31(44)15-25-20-53-37(39-25)40-35(48)30-12-9-26(51-30)16-43-17-29(36(52)41-38(43)49)34-27-10-5-21(2)13-23(27)7-8-24-14-22(3)6-11-28(24)34/h5-14,17,20,34H,4,15-16,18-19H2,1-3H3,(H,45,46)(H,39,40,48)(H,41,49,52). The van der Waals surface area contributed by atoms with Gasteiger partial charge in [-0.1, -0.05) is 71.9 Å². The van der Waals surface area contributed by atoms with Crippen molar-refractivity contribution in [1.82, 2.24) is 19.4 Å². The number of nitrogens with one attached hydrogen (secondary N) is 2. The zero-order chi connectivity index (χ0) is 37.8. The van der Waals surface area contributed by atoms with Crippen LogP contribution in [0.3, 0.4) is 0 Å². The second-order valence-corrected chi connectivity index (χ2v) is 13.8. The van der Waals surface area contributed by atoms with E-state index in [1.807, 2.05) is 13.8 Å². The van der Waals surface area contributed by atoms with Crippen LogP contribution in [-0.2, 0) is 32.1 Å². The molecule has 3 aromatic heterocycles. The number of carbonyl (C=O) groups excluding carboxylic acids is 3. The second-order valence-electron chi connectivity index (χ2n) is 12.5. The summed E-state index contributed by atoms with van der Waals surface area (Å²) in [6.45, 7) is 4.59. The molecule has 0 unspecified atom stereocenters. The first-order valence-electron chi connectivity index (χ1n) is 16.6. The fourth-order valence-corrected chi connectivity index (χ4v) is 7.08. The highest BCUT2D eigenvalue weighted by atomic mass is 32.1. The average Bonchev–Trinajstić information content (AvgIpc) is 3.72. The van der Waals surface area contributed by atoms with Crippen LogP contribution < -0.4 is 11.0 Å². The van der Waals surface area contributed by atoms with Crippen molar-refractivity contribution >= 4 is 64.6 Å². The van der Waals surface area contributed by atoms with Crippen LogP contribution in [0.15, 0.2) is 69.3 Å². The first-order valence-corrected chi connectivity index (χ1v) is 17.9. The molecular weight excluding hydrogens is 719 g/mol. The minimum atomic E-state index is -1.29. The number of H-pyrrole nitrogens is 1. The van der Waals surface area contributed by atoms with Crippen LogP contribution in [0.5, 0.6) is 0 Å². The van der Waals surface area contributed by atoms with E-state index >= 15 is 0 Å². The number of carboxylic acids is 1. The molecule has 0 bridgehead atoms. The van der Waals surface area contributed by atoms with Crippen molar-refractivity contribution in [3.63, 3.8) is 0 Å². The summed E-state index contributed by atoms with van der Waals surface area (Å²) in [6, 6.07) is 15.7. The highest BCUT2D eigenvalue weighted by Crippen LogP contribution is 2.40. The molecule has 1 aliphatic rings. The van der Waals surface area contributed by atoms with E-state index in [4.69, 9.17) is 21.4 Å². The van der Waals surface area contributed by atoms with Gasteiger partial charge in [0.25, 0.3) is 5.91 Å². The maximum Gasteiger partial charge on any atom is 0.326 e. The van der Waals surface area contributed by atoms with E-state index in [1.54, 1.807) is 19.2 Å². The number of benzene rings is 2. The molecule has 13 nitrogen and oxygen atoms in total. The molecule has 0 saturated heterocycles. The van der Waals surface area contributed by atoms with Gasteiger partial charge in [0.1, 0.15) is 23.5 Å². The normalized spacial score (nSPS) is 12.1. The minimum Gasteiger partial charge on any atom is -0.480 e. The van der Waals surface area contributed by atoms with Crippen LogP contribution in [0.2, 0.25) is 0 Å².